The monoisotopic (exact) mass is 430 g/mol. The van der Waals surface area contributed by atoms with Crippen LogP contribution in [-0.2, 0) is 0 Å². The Bertz CT molecular complexity index is 1830. The van der Waals surface area contributed by atoms with Gasteiger partial charge in [-0.05, 0) is 83.5 Å². The molecule has 0 aliphatic carbocycles. The second-order valence-corrected chi connectivity index (χ2v) is 9.03. The van der Waals surface area contributed by atoms with Gasteiger partial charge in [0.1, 0.15) is 0 Å². The van der Waals surface area contributed by atoms with E-state index < -0.39 is 0 Å². The molecule has 0 fully saturated rings. The van der Waals surface area contributed by atoms with E-state index in [1.807, 2.05) is 0 Å². The molecule has 0 amide bonds. The summed E-state index contributed by atoms with van der Waals surface area (Å²) in [4.78, 5) is 0. The van der Waals surface area contributed by atoms with Crippen molar-refractivity contribution < 1.29 is 0 Å². The zero-order valence-electron chi connectivity index (χ0n) is 18.7. The molecule has 34 heavy (non-hydrogen) atoms. The molecule has 0 aliphatic rings. The number of hydrogen-bond acceptors (Lipinski definition) is 0. The van der Waals surface area contributed by atoms with Crippen molar-refractivity contribution in [1.29, 1.82) is 0 Å². The van der Waals surface area contributed by atoms with Gasteiger partial charge in [0.25, 0.3) is 0 Å². The maximum Gasteiger partial charge on any atom is -0.00990 e. The van der Waals surface area contributed by atoms with Gasteiger partial charge < -0.3 is 0 Å². The molecule has 0 unspecified atom stereocenters. The lowest BCUT2D eigenvalue weighted by molar-refractivity contribution is 1.62. The lowest BCUT2D eigenvalue weighted by Crippen LogP contribution is -1.84. The van der Waals surface area contributed by atoms with Crippen molar-refractivity contribution in [2.24, 2.45) is 0 Å². The van der Waals surface area contributed by atoms with Gasteiger partial charge in [-0.25, -0.2) is 0 Å². The molecule has 0 atom stereocenters. The molecule has 0 bridgehead atoms. The van der Waals surface area contributed by atoms with Crippen LogP contribution in [0.15, 0.2) is 133 Å². The summed E-state index contributed by atoms with van der Waals surface area (Å²) in [6, 6.07) is 48.7. The largest absolute Gasteiger partial charge is 0.0616 e. The van der Waals surface area contributed by atoms with Crippen LogP contribution in [0.1, 0.15) is 0 Å². The van der Waals surface area contributed by atoms with Crippen LogP contribution in [0.5, 0.6) is 0 Å². The molecule has 0 aromatic heterocycles. The highest BCUT2D eigenvalue weighted by atomic mass is 14.1. The Kier molecular flexibility index (Phi) is 4.25. The second kappa shape index (κ2) is 7.57. The van der Waals surface area contributed by atoms with Crippen LogP contribution in [0, 0.1) is 0 Å². The van der Waals surface area contributed by atoms with Gasteiger partial charge in [-0.2, -0.15) is 0 Å². The minimum absolute atomic E-state index is 1.24. The molecule has 0 heterocycles. The van der Waals surface area contributed by atoms with Gasteiger partial charge in [-0.15, -0.1) is 0 Å². The molecule has 0 heteroatoms. The Morgan fingerprint density at radius 1 is 0.265 bits per heavy atom. The molecule has 0 N–H and O–H groups in total. The normalized spacial score (nSPS) is 11.5. The molecular formula is C34H22. The molecule has 0 spiro atoms. The van der Waals surface area contributed by atoms with Crippen molar-refractivity contribution >= 4 is 43.1 Å². The van der Waals surface area contributed by atoms with E-state index in [-0.39, 0.29) is 0 Å². The smallest absolute Gasteiger partial charge is 0.00990 e. The summed E-state index contributed by atoms with van der Waals surface area (Å²) in [5.74, 6) is 0. The fourth-order valence-corrected chi connectivity index (χ4v) is 5.25. The molecular weight excluding hydrogens is 408 g/mol. The first-order valence-electron chi connectivity index (χ1n) is 11.8. The third-order valence-electron chi connectivity index (χ3n) is 7.02. The Hall–Kier alpha value is -4.42. The van der Waals surface area contributed by atoms with Crippen LogP contribution in [0.4, 0.5) is 0 Å². The van der Waals surface area contributed by atoms with E-state index in [4.69, 9.17) is 0 Å². The first kappa shape index (κ1) is 19.1. The molecule has 0 nitrogen and oxygen atoms in total. The zero-order valence-corrected chi connectivity index (χ0v) is 18.7. The third-order valence-corrected chi connectivity index (χ3v) is 7.02. The van der Waals surface area contributed by atoms with Gasteiger partial charge in [-0.1, -0.05) is 115 Å². The summed E-state index contributed by atoms with van der Waals surface area (Å²) in [7, 11) is 0. The van der Waals surface area contributed by atoms with Gasteiger partial charge in [-0.3, -0.25) is 0 Å². The van der Waals surface area contributed by atoms with Crippen molar-refractivity contribution in [3.8, 4) is 22.3 Å². The molecule has 158 valence electrons. The van der Waals surface area contributed by atoms with E-state index in [0.717, 1.165) is 0 Å². The van der Waals surface area contributed by atoms with Gasteiger partial charge >= 0.3 is 0 Å². The average molecular weight is 431 g/mol. The van der Waals surface area contributed by atoms with Crippen molar-refractivity contribution in [1.82, 2.24) is 0 Å². The molecule has 0 saturated carbocycles. The summed E-state index contributed by atoms with van der Waals surface area (Å²) in [6.07, 6.45) is 0. The topological polar surface area (TPSA) is 0 Å². The maximum absolute atomic E-state index is 2.33. The highest BCUT2D eigenvalue weighted by molar-refractivity contribution is 6.12. The number of fused-ring (bicyclic) bond motifs is 5. The third kappa shape index (κ3) is 3.08. The molecule has 0 saturated heterocycles. The zero-order chi connectivity index (χ0) is 22.5. The minimum Gasteiger partial charge on any atom is -0.0616 e. The quantitative estimate of drug-likeness (QED) is 0.189. The minimum atomic E-state index is 1.24. The lowest BCUT2D eigenvalue weighted by atomic mass is 9.94. The number of benzene rings is 7. The Labute approximate surface area is 198 Å². The average Bonchev–Trinajstić information content (AvgIpc) is 2.91. The van der Waals surface area contributed by atoms with Crippen LogP contribution in [0.25, 0.3) is 65.3 Å². The second-order valence-electron chi connectivity index (χ2n) is 9.03. The standard InChI is InChI=1S/C34H22/c1-2-8-27-22-34-30(20-26(27)7-1)17-16-29-21-28(18-19-33(29)34)23-12-14-25(15-13-23)32-11-5-9-24-6-3-4-10-31(24)32/h1-22H. The Morgan fingerprint density at radius 3 is 1.71 bits per heavy atom. The van der Waals surface area contributed by atoms with Crippen LogP contribution >= 0.6 is 0 Å². The maximum atomic E-state index is 2.33. The van der Waals surface area contributed by atoms with E-state index in [1.165, 1.54) is 65.3 Å². The Morgan fingerprint density at radius 2 is 0.882 bits per heavy atom. The summed E-state index contributed by atoms with van der Waals surface area (Å²) in [6.45, 7) is 0. The summed E-state index contributed by atoms with van der Waals surface area (Å²) in [5, 5.41) is 10.3. The molecule has 7 aromatic rings. The van der Waals surface area contributed by atoms with E-state index in [0.29, 0.717) is 0 Å². The summed E-state index contributed by atoms with van der Waals surface area (Å²) >= 11 is 0. The fraction of sp³-hybridized carbons (Fsp3) is 0. The van der Waals surface area contributed by atoms with Crippen molar-refractivity contribution in [2.45, 2.75) is 0 Å². The molecule has 0 aliphatic heterocycles. The van der Waals surface area contributed by atoms with Crippen molar-refractivity contribution in [3.63, 3.8) is 0 Å². The fourth-order valence-electron chi connectivity index (χ4n) is 5.25. The molecule has 0 radical (unpaired) electrons. The first-order valence-corrected chi connectivity index (χ1v) is 11.8. The Balaban J connectivity index is 1.31. The van der Waals surface area contributed by atoms with E-state index in [1.54, 1.807) is 0 Å². The van der Waals surface area contributed by atoms with E-state index in [2.05, 4.69) is 133 Å². The SMILES string of the molecule is c1ccc2cc3c(ccc4cc(-c5ccc(-c6cccc7ccccc67)cc5)ccc43)cc2c1. The molecule has 7 rings (SSSR count). The summed E-state index contributed by atoms with van der Waals surface area (Å²) in [5.41, 5.74) is 5.02. The van der Waals surface area contributed by atoms with Crippen LogP contribution in [0.2, 0.25) is 0 Å². The van der Waals surface area contributed by atoms with Gasteiger partial charge in [0, 0.05) is 0 Å². The van der Waals surface area contributed by atoms with Gasteiger partial charge in [0.2, 0.25) is 0 Å². The number of hydrogen-bond donors (Lipinski definition) is 0. The van der Waals surface area contributed by atoms with E-state index in [9.17, 15) is 0 Å². The highest BCUT2D eigenvalue weighted by Gasteiger charge is 2.07. The number of rotatable bonds is 2. The van der Waals surface area contributed by atoms with Gasteiger partial charge in [0.05, 0.1) is 0 Å². The van der Waals surface area contributed by atoms with Crippen molar-refractivity contribution in [3.05, 3.63) is 133 Å². The molecule has 7 aromatic carbocycles. The predicted octanol–water partition coefficient (Wildman–Crippen LogP) is 9.63. The van der Waals surface area contributed by atoms with Crippen LogP contribution in [-0.4, -0.2) is 0 Å². The van der Waals surface area contributed by atoms with Crippen LogP contribution < -0.4 is 0 Å². The van der Waals surface area contributed by atoms with E-state index >= 15 is 0 Å². The lowest BCUT2D eigenvalue weighted by Gasteiger charge is -2.10. The van der Waals surface area contributed by atoms with Crippen molar-refractivity contribution in [2.75, 3.05) is 0 Å². The highest BCUT2D eigenvalue weighted by Crippen LogP contribution is 2.34. The summed E-state index contributed by atoms with van der Waals surface area (Å²) < 4.78 is 0. The first-order chi connectivity index (χ1) is 16.8. The predicted molar refractivity (Wildman–Crippen MR) is 147 cm³/mol. The van der Waals surface area contributed by atoms with Crippen LogP contribution in [0.3, 0.4) is 0 Å². The van der Waals surface area contributed by atoms with Gasteiger partial charge in [0.15, 0.2) is 0 Å².